The topological polar surface area (TPSA) is 66.4 Å². The van der Waals surface area contributed by atoms with E-state index in [1.54, 1.807) is 6.07 Å². The van der Waals surface area contributed by atoms with Gasteiger partial charge in [0, 0.05) is 6.04 Å². The Bertz CT molecular complexity index is 540. The number of rotatable bonds is 5. The lowest BCUT2D eigenvalue weighted by atomic mass is 10.2. The Morgan fingerprint density at radius 2 is 2.17 bits per heavy atom. The van der Waals surface area contributed by atoms with Gasteiger partial charge in [-0.15, -0.1) is 0 Å². The molecule has 4 nitrogen and oxygen atoms in total. The molecule has 1 atom stereocenters. The highest BCUT2D eigenvalue weighted by Crippen LogP contribution is 2.33. The van der Waals surface area contributed by atoms with E-state index in [2.05, 4.69) is 4.72 Å². The fraction of sp³-hybridized carbons (Fsp3) is 0.500. The van der Waals surface area contributed by atoms with Crippen LogP contribution in [0.5, 0.6) is 0 Å². The zero-order chi connectivity index (χ0) is 13.3. The van der Waals surface area contributed by atoms with Gasteiger partial charge in [-0.1, -0.05) is 17.7 Å². The quantitative estimate of drug-likeness (QED) is 0.870. The van der Waals surface area contributed by atoms with Crippen molar-refractivity contribution >= 4 is 21.6 Å². The van der Waals surface area contributed by atoms with E-state index in [1.807, 2.05) is 6.92 Å². The maximum Gasteiger partial charge on any atom is 0.242 e. The third kappa shape index (κ3) is 3.03. The zero-order valence-electron chi connectivity index (χ0n) is 10.1. The van der Waals surface area contributed by atoms with Gasteiger partial charge in [-0.05, 0) is 43.4 Å². The van der Waals surface area contributed by atoms with Gasteiger partial charge in [0.05, 0.1) is 11.6 Å². The van der Waals surface area contributed by atoms with E-state index in [0.717, 1.165) is 12.8 Å². The largest absolute Gasteiger partial charge is 0.392 e. The van der Waals surface area contributed by atoms with Crippen LogP contribution in [0.1, 0.15) is 25.3 Å². The third-order valence-corrected chi connectivity index (χ3v) is 5.18. The molecule has 100 valence electrons. The highest BCUT2D eigenvalue weighted by molar-refractivity contribution is 7.89. The molecule has 6 heteroatoms. The Balaban J connectivity index is 2.27. The van der Waals surface area contributed by atoms with E-state index in [4.69, 9.17) is 16.7 Å². The summed E-state index contributed by atoms with van der Waals surface area (Å²) in [6.45, 7) is 1.65. The SMILES string of the molecule is CC(NS(=O)(=O)c1cc(CO)ccc1Cl)C1CC1. The van der Waals surface area contributed by atoms with Crippen molar-refractivity contribution in [3.8, 4) is 0 Å². The highest BCUT2D eigenvalue weighted by atomic mass is 35.5. The van der Waals surface area contributed by atoms with Crippen LogP contribution in [0.2, 0.25) is 5.02 Å². The molecule has 1 unspecified atom stereocenters. The molecular formula is C12H16ClNO3S. The van der Waals surface area contributed by atoms with E-state index in [9.17, 15) is 8.42 Å². The molecule has 0 heterocycles. The molecule has 0 aromatic heterocycles. The molecule has 1 saturated carbocycles. The van der Waals surface area contributed by atoms with Gasteiger partial charge in [-0.25, -0.2) is 13.1 Å². The van der Waals surface area contributed by atoms with Crippen molar-refractivity contribution in [2.45, 2.75) is 37.3 Å². The number of aliphatic hydroxyl groups is 1. The number of hydrogen-bond donors (Lipinski definition) is 2. The number of nitrogens with one attached hydrogen (secondary N) is 1. The molecule has 2 rings (SSSR count). The van der Waals surface area contributed by atoms with Gasteiger partial charge in [-0.3, -0.25) is 0 Å². The average molecular weight is 290 g/mol. The summed E-state index contributed by atoms with van der Waals surface area (Å²) in [6.07, 6.45) is 2.13. The first-order valence-corrected chi connectivity index (χ1v) is 7.72. The number of halogens is 1. The molecule has 1 fully saturated rings. The second-order valence-electron chi connectivity index (χ2n) is 4.67. The lowest BCUT2D eigenvalue weighted by molar-refractivity contribution is 0.281. The van der Waals surface area contributed by atoms with Crippen LogP contribution in [0.3, 0.4) is 0 Å². The Morgan fingerprint density at radius 3 is 2.72 bits per heavy atom. The fourth-order valence-corrected chi connectivity index (χ4v) is 3.72. The zero-order valence-corrected chi connectivity index (χ0v) is 11.6. The maximum absolute atomic E-state index is 12.2. The number of benzene rings is 1. The number of sulfonamides is 1. The molecule has 0 radical (unpaired) electrons. The molecule has 0 spiro atoms. The lowest BCUT2D eigenvalue weighted by Gasteiger charge is -2.14. The van der Waals surface area contributed by atoms with E-state index >= 15 is 0 Å². The van der Waals surface area contributed by atoms with Gasteiger partial charge in [0.2, 0.25) is 10.0 Å². The van der Waals surface area contributed by atoms with E-state index in [1.165, 1.54) is 12.1 Å². The van der Waals surface area contributed by atoms with Crippen LogP contribution < -0.4 is 4.72 Å². The van der Waals surface area contributed by atoms with Gasteiger partial charge < -0.3 is 5.11 Å². The first kappa shape index (κ1) is 13.8. The Morgan fingerprint density at radius 1 is 1.50 bits per heavy atom. The molecule has 18 heavy (non-hydrogen) atoms. The third-order valence-electron chi connectivity index (χ3n) is 3.14. The fourth-order valence-electron chi connectivity index (χ4n) is 1.85. The van der Waals surface area contributed by atoms with Gasteiger partial charge in [0.15, 0.2) is 0 Å². The van der Waals surface area contributed by atoms with Crippen molar-refractivity contribution < 1.29 is 13.5 Å². The molecule has 0 bridgehead atoms. The molecule has 2 N–H and O–H groups in total. The molecule has 0 aliphatic heterocycles. The second-order valence-corrected chi connectivity index (χ2v) is 6.76. The molecular weight excluding hydrogens is 274 g/mol. The van der Waals surface area contributed by atoms with Crippen LogP contribution in [-0.2, 0) is 16.6 Å². The molecule has 1 aliphatic carbocycles. The van der Waals surface area contributed by atoms with Gasteiger partial charge in [-0.2, -0.15) is 0 Å². The van der Waals surface area contributed by atoms with Crippen LogP contribution in [0, 0.1) is 5.92 Å². The predicted molar refractivity (Wildman–Crippen MR) is 69.9 cm³/mol. The van der Waals surface area contributed by atoms with Crippen molar-refractivity contribution in [1.29, 1.82) is 0 Å². The molecule has 0 saturated heterocycles. The smallest absolute Gasteiger partial charge is 0.242 e. The van der Waals surface area contributed by atoms with Crippen molar-refractivity contribution in [2.24, 2.45) is 5.92 Å². The molecule has 0 amide bonds. The van der Waals surface area contributed by atoms with Crippen LogP contribution in [0.25, 0.3) is 0 Å². The normalized spacial score (nSPS) is 17.7. The van der Waals surface area contributed by atoms with Crippen LogP contribution in [0.4, 0.5) is 0 Å². The van der Waals surface area contributed by atoms with Crippen LogP contribution in [-0.4, -0.2) is 19.6 Å². The molecule has 1 aromatic carbocycles. The summed E-state index contributed by atoms with van der Waals surface area (Å²) in [6, 6.07) is 4.42. The summed E-state index contributed by atoms with van der Waals surface area (Å²) in [5.74, 6) is 0.430. The summed E-state index contributed by atoms with van der Waals surface area (Å²) in [5, 5.41) is 9.21. The van der Waals surface area contributed by atoms with Crippen molar-refractivity contribution in [2.75, 3.05) is 0 Å². The maximum atomic E-state index is 12.2. The Labute approximate surface area is 112 Å². The minimum atomic E-state index is -3.62. The monoisotopic (exact) mass is 289 g/mol. The van der Waals surface area contributed by atoms with Crippen molar-refractivity contribution in [3.63, 3.8) is 0 Å². The van der Waals surface area contributed by atoms with Crippen LogP contribution in [0.15, 0.2) is 23.1 Å². The summed E-state index contributed by atoms with van der Waals surface area (Å²) in [5.41, 5.74) is 0.527. The summed E-state index contributed by atoms with van der Waals surface area (Å²) in [4.78, 5) is 0.0308. The van der Waals surface area contributed by atoms with Gasteiger partial charge >= 0.3 is 0 Å². The van der Waals surface area contributed by atoms with E-state index < -0.39 is 10.0 Å². The van der Waals surface area contributed by atoms with Gasteiger partial charge in [0.25, 0.3) is 0 Å². The number of aliphatic hydroxyl groups excluding tert-OH is 1. The average Bonchev–Trinajstić information content (AvgIpc) is 3.12. The predicted octanol–water partition coefficient (Wildman–Crippen LogP) is 1.91. The van der Waals surface area contributed by atoms with Crippen LogP contribution >= 0.6 is 11.6 Å². The summed E-state index contributed by atoms with van der Waals surface area (Å²) in [7, 11) is -3.62. The summed E-state index contributed by atoms with van der Waals surface area (Å²) >= 11 is 5.92. The Kier molecular flexibility index (Phi) is 3.96. The number of hydrogen-bond acceptors (Lipinski definition) is 3. The first-order chi connectivity index (χ1) is 8.44. The highest BCUT2D eigenvalue weighted by Gasteiger charge is 2.31. The van der Waals surface area contributed by atoms with E-state index in [-0.39, 0.29) is 22.6 Å². The van der Waals surface area contributed by atoms with Gasteiger partial charge in [0.1, 0.15) is 4.90 Å². The van der Waals surface area contributed by atoms with Crippen molar-refractivity contribution in [1.82, 2.24) is 4.72 Å². The lowest BCUT2D eigenvalue weighted by Crippen LogP contribution is -2.34. The standard InChI is InChI=1S/C12H16ClNO3S/c1-8(10-3-4-10)14-18(16,17)12-6-9(7-15)2-5-11(12)13/h2,5-6,8,10,14-15H,3-4,7H2,1H3. The first-order valence-electron chi connectivity index (χ1n) is 5.85. The minimum absolute atomic E-state index is 0.0308. The molecule has 1 aromatic rings. The second kappa shape index (κ2) is 5.17. The Hall–Kier alpha value is -0.620. The molecule has 1 aliphatic rings. The van der Waals surface area contributed by atoms with Crippen molar-refractivity contribution in [3.05, 3.63) is 28.8 Å². The summed E-state index contributed by atoms with van der Waals surface area (Å²) < 4.78 is 27.0. The van der Waals surface area contributed by atoms with E-state index in [0.29, 0.717) is 11.5 Å². The minimum Gasteiger partial charge on any atom is -0.392 e.